The van der Waals surface area contributed by atoms with E-state index in [1.807, 2.05) is 0 Å². The third-order valence-electron chi connectivity index (χ3n) is 4.28. The molecule has 0 saturated carbocycles. The number of alkyl halides is 3. The van der Waals surface area contributed by atoms with E-state index >= 15 is 0 Å². The van der Waals surface area contributed by atoms with Crippen molar-refractivity contribution in [2.75, 3.05) is 10.1 Å². The summed E-state index contributed by atoms with van der Waals surface area (Å²) in [6, 6.07) is 15.9. The van der Waals surface area contributed by atoms with Crippen molar-refractivity contribution in [3.8, 4) is 11.5 Å². The predicted molar refractivity (Wildman–Crippen MR) is 108 cm³/mol. The van der Waals surface area contributed by atoms with E-state index in [0.29, 0.717) is 11.4 Å². The van der Waals surface area contributed by atoms with Crippen LogP contribution in [0.4, 0.5) is 18.9 Å². The smallest absolute Gasteiger partial charge is 0.419 e. The molecule has 3 aromatic rings. The minimum atomic E-state index is -4.55. The average Bonchev–Trinajstić information content (AvgIpc) is 2.73. The van der Waals surface area contributed by atoms with Crippen LogP contribution in [-0.2, 0) is 22.7 Å². The monoisotopic (exact) mass is 436 g/mol. The quantitative estimate of drug-likeness (QED) is 0.508. The Morgan fingerprint density at radius 1 is 0.967 bits per heavy atom. The highest BCUT2D eigenvalue weighted by Gasteiger charge is 2.34. The van der Waals surface area contributed by atoms with E-state index in [1.165, 1.54) is 53.7 Å². The lowest BCUT2D eigenvalue weighted by molar-refractivity contribution is -0.138. The Bertz CT molecular complexity index is 1090. The van der Waals surface area contributed by atoms with Gasteiger partial charge in [-0.2, -0.15) is 13.2 Å². The zero-order chi connectivity index (χ0) is 21.8. The molecule has 0 radical (unpaired) electrons. The van der Waals surface area contributed by atoms with E-state index in [9.17, 15) is 21.6 Å². The van der Waals surface area contributed by atoms with Gasteiger partial charge in [0.15, 0.2) is 0 Å². The zero-order valence-corrected chi connectivity index (χ0v) is 16.8. The molecule has 30 heavy (non-hydrogen) atoms. The van der Waals surface area contributed by atoms with Crippen molar-refractivity contribution in [1.82, 2.24) is 4.98 Å². The molecule has 0 fully saturated rings. The van der Waals surface area contributed by atoms with Crippen LogP contribution >= 0.6 is 0 Å². The van der Waals surface area contributed by atoms with Crippen LogP contribution in [0.15, 0.2) is 72.9 Å². The van der Waals surface area contributed by atoms with Crippen LogP contribution < -0.4 is 9.04 Å². The average molecular weight is 436 g/mol. The first-order valence-electron chi connectivity index (χ1n) is 9.05. The zero-order valence-electron chi connectivity index (χ0n) is 16.0. The maximum atomic E-state index is 13.1. The number of hydrogen-bond donors (Lipinski definition) is 0. The van der Waals surface area contributed by atoms with Crippen LogP contribution in [0.3, 0.4) is 0 Å². The van der Waals surface area contributed by atoms with E-state index in [4.69, 9.17) is 4.74 Å². The van der Waals surface area contributed by atoms with Crippen molar-refractivity contribution >= 4 is 15.7 Å². The summed E-state index contributed by atoms with van der Waals surface area (Å²) < 4.78 is 71.2. The van der Waals surface area contributed by atoms with Crippen molar-refractivity contribution in [1.29, 1.82) is 0 Å². The fourth-order valence-corrected chi connectivity index (χ4v) is 3.83. The number of aromatic nitrogens is 1. The lowest BCUT2D eigenvalue weighted by atomic mass is 10.2. The van der Waals surface area contributed by atoms with Crippen molar-refractivity contribution in [2.24, 2.45) is 0 Å². The van der Waals surface area contributed by atoms with Gasteiger partial charge in [-0.05, 0) is 55.5 Å². The summed E-state index contributed by atoms with van der Waals surface area (Å²) in [6.45, 7) is 1.57. The second-order valence-corrected chi connectivity index (χ2v) is 8.50. The van der Waals surface area contributed by atoms with Crippen molar-refractivity contribution in [3.05, 3.63) is 84.2 Å². The van der Waals surface area contributed by atoms with Gasteiger partial charge in [0.05, 0.1) is 29.2 Å². The Balaban J connectivity index is 1.88. The number of benzene rings is 2. The number of anilines is 1. The Hall–Kier alpha value is -3.07. The standard InChI is InChI=1S/C21H19F3N2O3S/c1-2-30(27,28)26(15-16-7-5-6-14-25-16)17-10-12-18(13-11-17)29-20-9-4-3-8-19(20)21(22,23)24/h3-14H,2,15H2,1H3. The van der Waals surface area contributed by atoms with E-state index in [2.05, 4.69) is 4.98 Å². The van der Waals surface area contributed by atoms with Gasteiger partial charge in [-0.25, -0.2) is 8.42 Å². The summed E-state index contributed by atoms with van der Waals surface area (Å²) >= 11 is 0. The van der Waals surface area contributed by atoms with Crippen LogP contribution in [-0.4, -0.2) is 19.2 Å². The van der Waals surface area contributed by atoms with Gasteiger partial charge in [-0.15, -0.1) is 0 Å². The second kappa shape index (κ2) is 8.74. The number of sulfonamides is 1. The van der Waals surface area contributed by atoms with Crippen molar-refractivity contribution in [2.45, 2.75) is 19.6 Å². The second-order valence-electron chi connectivity index (χ2n) is 6.32. The molecule has 0 aliphatic rings. The number of ether oxygens (including phenoxy) is 1. The number of rotatable bonds is 7. The maximum Gasteiger partial charge on any atom is 0.419 e. The fourth-order valence-electron chi connectivity index (χ4n) is 2.74. The lowest BCUT2D eigenvalue weighted by Gasteiger charge is -2.24. The Labute approximate surface area is 172 Å². The Kier molecular flexibility index (Phi) is 6.31. The van der Waals surface area contributed by atoms with Crippen LogP contribution in [0.2, 0.25) is 0 Å². The molecule has 0 N–H and O–H groups in total. The van der Waals surface area contributed by atoms with Crippen LogP contribution in [0.25, 0.3) is 0 Å². The van der Waals surface area contributed by atoms with Gasteiger partial charge in [-0.3, -0.25) is 9.29 Å². The number of para-hydroxylation sites is 1. The molecule has 0 atom stereocenters. The molecule has 3 rings (SSSR count). The van der Waals surface area contributed by atoms with Gasteiger partial charge in [0, 0.05) is 6.20 Å². The Morgan fingerprint density at radius 2 is 1.63 bits per heavy atom. The third kappa shape index (κ3) is 5.10. The first-order valence-corrected chi connectivity index (χ1v) is 10.7. The largest absolute Gasteiger partial charge is 0.457 e. The third-order valence-corrected chi connectivity index (χ3v) is 6.02. The molecule has 158 valence electrons. The number of halogens is 3. The molecular weight excluding hydrogens is 417 g/mol. The predicted octanol–water partition coefficient (Wildman–Crippen LogP) is 5.25. The molecule has 1 heterocycles. The SMILES string of the molecule is CCS(=O)(=O)N(Cc1ccccn1)c1ccc(Oc2ccccc2C(F)(F)F)cc1. The molecule has 0 unspecified atom stereocenters. The van der Waals surface area contributed by atoms with Gasteiger partial charge < -0.3 is 4.74 Å². The van der Waals surface area contributed by atoms with Gasteiger partial charge in [0.25, 0.3) is 0 Å². The number of nitrogens with zero attached hydrogens (tertiary/aromatic N) is 2. The highest BCUT2D eigenvalue weighted by atomic mass is 32.2. The summed E-state index contributed by atoms with van der Waals surface area (Å²) in [5, 5.41) is 0. The molecule has 0 aliphatic heterocycles. The number of hydrogen-bond acceptors (Lipinski definition) is 4. The summed E-state index contributed by atoms with van der Waals surface area (Å²) in [5.74, 6) is -0.289. The van der Waals surface area contributed by atoms with E-state index in [1.54, 1.807) is 24.4 Å². The highest BCUT2D eigenvalue weighted by molar-refractivity contribution is 7.92. The Morgan fingerprint density at radius 3 is 2.23 bits per heavy atom. The molecule has 1 aromatic heterocycles. The molecule has 0 amide bonds. The van der Waals surface area contributed by atoms with E-state index in [-0.39, 0.29) is 23.8 Å². The van der Waals surface area contributed by atoms with Crippen LogP contribution in [0.5, 0.6) is 11.5 Å². The first kappa shape index (κ1) is 21.6. The molecular formula is C21H19F3N2O3S. The molecule has 0 saturated heterocycles. The fraction of sp³-hybridized carbons (Fsp3) is 0.190. The minimum absolute atomic E-state index is 0.0358. The summed E-state index contributed by atoms with van der Waals surface area (Å²) in [5.41, 5.74) is 0.0346. The topological polar surface area (TPSA) is 59.5 Å². The molecule has 0 spiro atoms. The van der Waals surface area contributed by atoms with Gasteiger partial charge >= 0.3 is 6.18 Å². The molecule has 9 heteroatoms. The highest BCUT2D eigenvalue weighted by Crippen LogP contribution is 2.38. The van der Waals surface area contributed by atoms with Gasteiger partial charge in [0.2, 0.25) is 10.0 Å². The summed E-state index contributed by atoms with van der Waals surface area (Å²) in [4.78, 5) is 4.16. The minimum Gasteiger partial charge on any atom is -0.457 e. The molecule has 5 nitrogen and oxygen atoms in total. The molecule has 2 aromatic carbocycles. The maximum absolute atomic E-state index is 13.1. The van der Waals surface area contributed by atoms with Crippen molar-refractivity contribution < 1.29 is 26.3 Å². The van der Waals surface area contributed by atoms with Crippen molar-refractivity contribution in [3.63, 3.8) is 0 Å². The van der Waals surface area contributed by atoms with Gasteiger partial charge in [-0.1, -0.05) is 18.2 Å². The van der Waals surface area contributed by atoms with E-state index in [0.717, 1.165) is 6.07 Å². The van der Waals surface area contributed by atoms with E-state index < -0.39 is 21.8 Å². The summed E-state index contributed by atoms with van der Waals surface area (Å²) in [7, 11) is -3.61. The van der Waals surface area contributed by atoms with Gasteiger partial charge in [0.1, 0.15) is 11.5 Å². The normalized spacial score (nSPS) is 11.9. The summed E-state index contributed by atoms with van der Waals surface area (Å²) in [6.07, 6.45) is -2.98. The lowest BCUT2D eigenvalue weighted by Crippen LogP contribution is -2.32. The first-order chi connectivity index (χ1) is 14.2. The van der Waals surface area contributed by atoms with Crippen LogP contribution in [0.1, 0.15) is 18.2 Å². The molecule has 0 bridgehead atoms. The van der Waals surface area contributed by atoms with Crippen LogP contribution in [0, 0.1) is 0 Å². The number of pyridine rings is 1. The molecule has 0 aliphatic carbocycles.